The second kappa shape index (κ2) is 14.5. The minimum absolute atomic E-state index is 0.0183. The Kier molecular flexibility index (Phi) is 11.2. The molecule has 3 rings (SSSR count). The summed E-state index contributed by atoms with van der Waals surface area (Å²) in [5.74, 6) is -0.0133. The quantitative estimate of drug-likeness (QED) is 0.300. The van der Waals surface area contributed by atoms with E-state index in [4.69, 9.17) is 9.47 Å². The summed E-state index contributed by atoms with van der Waals surface area (Å²) in [6.07, 6.45) is 1.10. The molecule has 0 radical (unpaired) electrons. The molecule has 0 spiro atoms. The number of hydrogen-bond acceptors (Lipinski definition) is 6. The van der Waals surface area contributed by atoms with Crippen molar-refractivity contribution in [3.05, 3.63) is 83.9 Å². The van der Waals surface area contributed by atoms with Crippen molar-refractivity contribution in [3.8, 4) is 11.5 Å². The van der Waals surface area contributed by atoms with Gasteiger partial charge in [-0.3, -0.25) is 13.9 Å². The summed E-state index contributed by atoms with van der Waals surface area (Å²) in [6.45, 7) is 5.80. The summed E-state index contributed by atoms with van der Waals surface area (Å²) >= 11 is 0. The summed E-state index contributed by atoms with van der Waals surface area (Å²) in [5, 5.41) is 2.89. The average Bonchev–Trinajstić information content (AvgIpc) is 2.99. The molecule has 9 nitrogen and oxygen atoms in total. The number of methoxy groups -OCH3 is 2. The lowest BCUT2D eigenvalue weighted by molar-refractivity contribution is -0.140. The van der Waals surface area contributed by atoms with Crippen LogP contribution in [-0.2, 0) is 26.2 Å². The third-order valence-corrected chi connectivity index (χ3v) is 8.59. The van der Waals surface area contributed by atoms with E-state index >= 15 is 0 Å². The Morgan fingerprint density at radius 2 is 1.56 bits per heavy atom. The van der Waals surface area contributed by atoms with E-state index in [1.54, 1.807) is 36.4 Å². The standard InChI is InChI=1S/C31H39N3O6S/c1-6-20-32-31(36)27(7-2)33(21-24-13-9-8-12-23(24)3)30(35)22-34(28-14-10-11-15-29(28)40-5)41(37,38)26-18-16-25(39-4)17-19-26/h8-19,27H,6-7,20-22H2,1-5H3,(H,32,36)/t27-/m0/s1. The molecule has 0 aliphatic carbocycles. The zero-order chi connectivity index (χ0) is 30.0. The van der Waals surface area contributed by atoms with E-state index in [9.17, 15) is 18.0 Å². The molecule has 0 aliphatic rings. The minimum atomic E-state index is -4.24. The van der Waals surface area contributed by atoms with Crippen LogP contribution in [0.1, 0.15) is 37.8 Å². The number of hydrogen-bond donors (Lipinski definition) is 1. The Balaban J connectivity index is 2.10. The number of carbonyl (C=O) groups excluding carboxylic acids is 2. The second-order valence-electron chi connectivity index (χ2n) is 9.52. The molecule has 2 amide bonds. The number of para-hydroxylation sites is 2. The lowest BCUT2D eigenvalue weighted by Gasteiger charge is -2.33. The number of sulfonamides is 1. The van der Waals surface area contributed by atoms with Crippen molar-refractivity contribution in [2.24, 2.45) is 0 Å². The molecular formula is C31H39N3O6S. The first-order chi connectivity index (χ1) is 19.7. The summed E-state index contributed by atoms with van der Waals surface area (Å²) in [7, 11) is -1.31. The van der Waals surface area contributed by atoms with E-state index < -0.39 is 28.5 Å². The molecule has 41 heavy (non-hydrogen) atoms. The Bertz CT molecular complexity index is 1430. The van der Waals surface area contributed by atoms with Gasteiger partial charge in [-0.25, -0.2) is 8.42 Å². The van der Waals surface area contributed by atoms with Gasteiger partial charge in [0.05, 0.1) is 24.8 Å². The topological polar surface area (TPSA) is 105 Å². The van der Waals surface area contributed by atoms with Gasteiger partial charge in [0.25, 0.3) is 10.0 Å². The highest BCUT2D eigenvalue weighted by molar-refractivity contribution is 7.92. The van der Waals surface area contributed by atoms with Crippen LogP contribution in [0.2, 0.25) is 0 Å². The Morgan fingerprint density at radius 1 is 0.902 bits per heavy atom. The van der Waals surface area contributed by atoms with Gasteiger partial charge in [-0.15, -0.1) is 0 Å². The smallest absolute Gasteiger partial charge is 0.264 e. The molecule has 3 aromatic carbocycles. The SMILES string of the molecule is CCCNC(=O)[C@H](CC)N(Cc1ccccc1C)C(=O)CN(c1ccccc1OC)S(=O)(=O)c1ccc(OC)cc1. The maximum atomic E-state index is 14.2. The van der Waals surface area contributed by atoms with Crippen molar-refractivity contribution in [2.45, 2.75) is 51.1 Å². The number of carbonyl (C=O) groups is 2. The monoisotopic (exact) mass is 581 g/mol. The van der Waals surface area contributed by atoms with Gasteiger partial charge >= 0.3 is 0 Å². The number of benzene rings is 3. The van der Waals surface area contributed by atoms with Crippen LogP contribution in [0.4, 0.5) is 5.69 Å². The predicted molar refractivity (Wildman–Crippen MR) is 160 cm³/mol. The summed E-state index contributed by atoms with van der Waals surface area (Å²) < 4.78 is 39.8. The Labute approximate surface area is 243 Å². The van der Waals surface area contributed by atoms with Gasteiger partial charge < -0.3 is 19.7 Å². The molecule has 0 bridgehead atoms. The summed E-state index contributed by atoms with van der Waals surface area (Å²) in [5.41, 5.74) is 2.03. The van der Waals surface area contributed by atoms with Crippen LogP contribution in [0.15, 0.2) is 77.7 Å². The maximum Gasteiger partial charge on any atom is 0.264 e. The van der Waals surface area contributed by atoms with E-state index in [1.165, 1.54) is 31.3 Å². The molecule has 0 aromatic heterocycles. The molecule has 1 atom stereocenters. The molecule has 0 unspecified atom stereocenters. The highest BCUT2D eigenvalue weighted by Crippen LogP contribution is 2.33. The van der Waals surface area contributed by atoms with Crippen molar-refractivity contribution >= 4 is 27.5 Å². The van der Waals surface area contributed by atoms with Crippen molar-refractivity contribution in [1.82, 2.24) is 10.2 Å². The number of nitrogens with one attached hydrogen (secondary N) is 1. The average molecular weight is 582 g/mol. The van der Waals surface area contributed by atoms with Gasteiger partial charge in [0.15, 0.2) is 0 Å². The van der Waals surface area contributed by atoms with Gasteiger partial charge in [-0.1, -0.05) is 50.2 Å². The number of anilines is 1. The van der Waals surface area contributed by atoms with Crippen LogP contribution in [0.3, 0.4) is 0 Å². The van der Waals surface area contributed by atoms with Crippen LogP contribution in [0.5, 0.6) is 11.5 Å². The molecule has 1 N–H and O–H groups in total. The number of nitrogens with zero attached hydrogens (tertiary/aromatic N) is 2. The maximum absolute atomic E-state index is 14.2. The molecule has 220 valence electrons. The van der Waals surface area contributed by atoms with E-state index in [-0.39, 0.29) is 28.8 Å². The number of aryl methyl sites for hydroxylation is 1. The number of amides is 2. The molecule has 0 saturated carbocycles. The van der Waals surface area contributed by atoms with Gasteiger partial charge in [0, 0.05) is 13.1 Å². The van der Waals surface area contributed by atoms with Crippen LogP contribution in [-0.4, -0.2) is 58.5 Å². The first-order valence-corrected chi connectivity index (χ1v) is 15.0. The van der Waals surface area contributed by atoms with Crippen LogP contribution in [0, 0.1) is 6.92 Å². The van der Waals surface area contributed by atoms with E-state index in [0.717, 1.165) is 21.9 Å². The second-order valence-corrected chi connectivity index (χ2v) is 11.4. The van der Waals surface area contributed by atoms with Crippen molar-refractivity contribution in [1.29, 1.82) is 0 Å². The fourth-order valence-corrected chi connectivity index (χ4v) is 5.91. The van der Waals surface area contributed by atoms with Gasteiger partial charge in [-0.2, -0.15) is 0 Å². The molecular weight excluding hydrogens is 542 g/mol. The Hall–Kier alpha value is -4.05. The molecule has 0 heterocycles. The molecule has 3 aromatic rings. The fraction of sp³-hybridized carbons (Fsp3) is 0.355. The van der Waals surface area contributed by atoms with Crippen LogP contribution in [0.25, 0.3) is 0 Å². The molecule has 0 fully saturated rings. The van der Waals surface area contributed by atoms with E-state index in [2.05, 4.69) is 5.32 Å². The first kappa shape index (κ1) is 31.5. The van der Waals surface area contributed by atoms with Crippen molar-refractivity contribution in [3.63, 3.8) is 0 Å². The Morgan fingerprint density at radius 3 is 2.17 bits per heavy atom. The highest BCUT2D eigenvalue weighted by atomic mass is 32.2. The fourth-order valence-electron chi connectivity index (χ4n) is 4.48. The lowest BCUT2D eigenvalue weighted by atomic mass is 10.1. The van der Waals surface area contributed by atoms with Gasteiger partial charge in [0.2, 0.25) is 11.8 Å². The predicted octanol–water partition coefficient (Wildman–Crippen LogP) is 4.54. The highest BCUT2D eigenvalue weighted by Gasteiger charge is 2.34. The van der Waals surface area contributed by atoms with Crippen LogP contribution < -0.4 is 19.1 Å². The minimum Gasteiger partial charge on any atom is -0.497 e. The third kappa shape index (κ3) is 7.58. The van der Waals surface area contributed by atoms with E-state index in [1.807, 2.05) is 45.0 Å². The third-order valence-electron chi connectivity index (χ3n) is 6.82. The zero-order valence-electron chi connectivity index (χ0n) is 24.3. The van der Waals surface area contributed by atoms with Crippen LogP contribution >= 0.6 is 0 Å². The zero-order valence-corrected chi connectivity index (χ0v) is 25.1. The largest absolute Gasteiger partial charge is 0.497 e. The van der Waals surface area contributed by atoms with E-state index in [0.29, 0.717) is 18.7 Å². The molecule has 0 saturated heterocycles. The first-order valence-electron chi connectivity index (χ1n) is 13.6. The number of ether oxygens (including phenoxy) is 2. The van der Waals surface area contributed by atoms with Gasteiger partial charge in [0.1, 0.15) is 24.1 Å². The van der Waals surface area contributed by atoms with Crippen molar-refractivity contribution < 1.29 is 27.5 Å². The lowest BCUT2D eigenvalue weighted by Crippen LogP contribution is -2.52. The van der Waals surface area contributed by atoms with Gasteiger partial charge in [-0.05, 0) is 67.3 Å². The molecule has 10 heteroatoms. The summed E-state index contributed by atoms with van der Waals surface area (Å²) in [6, 6.07) is 19.4. The normalized spacial score (nSPS) is 11.8. The summed E-state index contributed by atoms with van der Waals surface area (Å²) in [4.78, 5) is 28.9. The molecule has 0 aliphatic heterocycles. The number of rotatable bonds is 14. The van der Waals surface area contributed by atoms with Crippen molar-refractivity contribution in [2.75, 3.05) is 31.6 Å².